The van der Waals surface area contributed by atoms with Crippen molar-refractivity contribution in [3.63, 3.8) is 0 Å². The second-order valence-electron chi connectivity index (χ2n) is 7.31. The number of carbonyl (C=O) groups excluding carboxylic acids is 1. The van der Waals surface area contributed by atoms with Gasteiger partial charge in [0.25, 0.3) is 11.9 Å². The van der Waals surface area contributed by atoms with Gasteiger partial charge in [-0.25, -0.2) is 9.07 Å². The van der Waals surface area contributed by atoms with E-state index in [-0.39, 0.29) is 29.8 Å². The molecule has 0 radical (unpaired) electrons. The fourth-order valence-electron chi connectivity index (χ4n) is 3.77. The quantitative estimate of drug-likeness (QED) is 0.523. The molecule has 0 spiro atoms. The fourth-order valence-corrected chi connectivity index (χ4v) is 3.77. The van der Waals surface area contributed by atoms with E-state index in [2.05, 4.69) is 37.8 Å². The molecule has 2 N–H and O–H groups in total. The number of benzene rings is 2. The number of nitrogens with zero attached hydrogens (tertiary/aromatic N) is 4. The van der Waals surface area contributed by atoms with Crippen LogP contribution in [0.3, 0.4) is 0 Å². The molecule has 0 aliphatic carbocycles. The van der Waals surface area contributed by atoms with Crippen molar-refractivity contribution in [1.82, 2.24) is 19.7 Å². The summed E-state index contributed by atoms with van der Waals surface area (Å²) in [5, 5.41) is 10.7. The Kier molecular flexibility index (Phi) is 4.87. The van der Waals surface area contributed by atoms with Crippen molar-refractivity contribution in [2.45, 2.75) is 18.5 Å². The maximum atomic E-state index is 13.5. The van der Waals surface area contributed by atoms with Crippen LogP contribution in [0.15, 0.2) is 79.1 Å². The van der Waals surface area contributed by atoms with E-state index in [1.165, 1.54) is 18.3 Å². The van der Waals surface area contributed by atoms with Crippen LogP contribution in [0, 0.1) is 5.82 Å². The lowest BCUT2D eigenvalue weighted by Gasteiger charge is -2.31. The molecule has 31 heavy (non-hydrogen) atoms. The van der Waals surface area contributed by atoms with Gasteiger partial charge in [-0.1, -0.05) is 42.5 Å². The van der Waals surface area contributed by atoms with Crippen LogP contribution in [-0.2, 0) is 0 Å². The second-order valence-corrected chi connectivity index (χ2v) is 7.31. The number of anilines is 2. The number of hydrogen-bond acceptors (Lipinski definition) is 5. The molecule has 5 rings (SSSR count). The number of rotatable bonds is 4. The van der Waals surface area contributed by atoms with Crippen molar-refractivity contribution in [2.75, 3.05) is 10.6 Å². The van der Waals surface area contributed by atoms with Crippen LogP contribution >= 0.6 is 0 Å². The van der Waals surface area contributed by atoms with E-state index in [1.807, 2.05) is 18.2 Å². The Labute approximate surface area is 178 Å². The van der Waals surface area contributed by atoms with Crippen LogP contribution < -0.4 is 10.6 Å². The normalized spacial score (nSPS) is 17.5. The zero-order valence-corrected chi connectivity index (χ0v) is 16.4. The third kappa shape index (κ3) is 3.87. The first-order chi connectivity index (χ1) is 15.2. The van der Waals surface area contributed by atoms with E-state index in [9.17, 15) is 9.18 Å². The van der Waals surface area contributed by atoms with Gasteiger partial charge in [0.05, 0.1) is 17.6 Å². The number of halogens is 1. The number of amides is 1. The summed E-state index contributed by atoms with van der Waals surface area (Å²) in [6.45, 7) is 0. The summed E-state index contributed by atoms with van der Waals surface area (Å²) in [6, 6.07) is 19.6. The van der Waals surface area contributed by atoms with E-state index in [0.717, 1.165) is 11.1 Å². The molecule has 0 fully saturated rings. The lowest BCUT2D eigenvalue weighted by molar-refractivity contribution is 0.102. The highest BCUT2D eigenvalue weighted by molar-refractivity contribution is 6.03. The van der Waals surface area contributed by atoms with Gasteiger partial charge in [-0.05, 0) is 41.8 Å². The van der Waals surface area contributed by atoms with Gasteiger partial charge in [-0.15, -0.1) is 5.10 Å². The Morgan fingerprint density at radius 2 is 1.84 bits per heavy atom. The summed E-state index contributed by atoms with van der Waals surface area (Å²) in [5.74, 6) is 0.0996. The maximum absolute atomic E-state index is 13.5. The highest BCUT2D eigenvalue weighted by Crippen LogP contribution is 2.38. The number of aromatic nitrogens is 4. The first-order valence-corrected chi connectivity index (χ1v) is 9.92. The molecule has 2 aromatic carbocycles. The second kappa shape index (κ2) is 7.98. The van der Waals surface area contributed by atoms with E-state index in [0.29, 0.717) is 17.9 Å². The third-order valence-electron chi connectivity index (χ3n) is 5.29. The molecule has 8 heteroatoms. The molecule has 0 bridgehead atoms. The molecule has 7 nitrogen and oxygen atoms in total. The molecule has 3 heterocycles. The number of hydrogen-bond donors (Lipinski definition) is 2. The molecule has 1 aliphatic rings. The molecular weight excluding hydrogens is 395 g/mol. The van der Waals surface area contributed by atoms with Crippen molar-refractivity contribution in [3.05, 3.63) is 102 Å². The van der Waals surface area contributed by atoms with Crippen molar-refractivity contribution < 1.29 is 9.18 Å². The zero-order valence-electron chi connectivity index (χ0n) is 16.4. The summed E-state index contributed by atoms with van der Waals surface area (Å²) in [6.07, 6.45) is 3.78. The van der Waals surface area contributed by atoms with Crippen molar-refractivity contribution in [2.24, 2.45) is 0 Å². The smallest absolute Gasteiger partial charge is 0.259 e. The zero-order chi connectivity index (χ0) is 21.2. The Hall–Kier alpha value is -4.07. The van der Waals surface area contributed by atoms with Gasteiger partial charge >= 0.3 is 0 Å². The number of pyridine rings is 1. The average Bonchev–Trinajstić information content (AvgIpc) is 3.22. The largest absolute Gasteiger partial charge is 0.347 e. The van der Waals surface area contributed by atoms with E-state index < -0.39 is 0 Å². The van der Waals surface area contributed by atoms with Crippen LogP contribution in [0.5, 0.6) is 0 Å². The van der Waals surface area contributed by atoms with Gasteiger partial charge in [0.2, 0.25) is 5.95 Å². The highest BCUT2D eigenvalue weighted by Gasteiger charge is 2.31. The Balaban J connectivity index is 1.49. The Bertz CT molecular complexity index is 1190. The molecule has 1 amide bonds. The molecular formula is C23H19FN6O. The van der Waals surface area contributed by atoms with Gasteiger partial charge in [0.15, 0.2) is 0 Å². The molecule has 0 saturated carbocycles. The number of fused-ring (bicyclic) bond motifs is 1. The fraction of sp³-hybridized carbons (Fsp3) is 0.130. The van der Waals surface area contributed by atoms with Crippen molar-refractivity contribution >= 4 is 17.8 Å². The van der Waals surface area contributed by atoms with Gasteiger partial charge in [0, 0.05) is 12.4 Å². The molecule has 2 atom stereocenters. The first kappa shape index (κ1) is 18.9. The molecule has 1 aliphatic heterocycles. The van der Waals surface area contributed by atoms with Gasteiger partial charge < -0.3 is 5.32 Å². The lowest BCUT2D eigenvalue weighted by atomic mass is 9.93. The molecule has 4 aromatic rings. The average molecular weight is 414 g/mol. The Morgan fingerprint density at radius 3 is 2.58 bits per heavy atom. The minimum absolute atomic E-state index is 0.00479. The molecule has 2 aromatic heterocycles. The first-order valence-electron chi connectivity index (χ1n) is 9.92. The van der Waals surface area contributed by atoms with Crippen molar-refractivity contribution in [3.8, 4) is 0 Å². The predicted molar refractivity (Wildman–Crippen MR) is 114 cm³/mol. The van der Waals surface area contributed by atoms with E-state index in [4.69, 9.17) is 0 Å². The Morgan fingerprint density at radius 1 is 1.03 bits per heavy atom. The summed E-state index contributed by atoms with van der Waals surface area (Å²) >= 11 is 0. The van der Waals surface area contributed by atoms with Gasteiger partial charge in [-0.3, -0.25) is 15.1 Å². The van der Waals surface area contributed by atoms with E-state index in [1.54, 1.807) is 35.1 Å². The minimum Gasteiger partial charge on any atom is -0.347 e. The highest BCUT2D eigenvalue weighted by atomic mass is 19.1. The number of carbonyl (C=O) groups is 1. The van der Waals surface area contributed by atoms with Gasteiger partial charge in [0.1, 0.15) is 5.82 Å². The summed E-state index contributed by atoms with van der Waals surface area (Å²) in [4.78, 5) is 21.0. The van der Waals surface area contributed by atoms with Crippen LogP contribution in [0.1, 0.15) is 40.0 Å². The maximum Gasteiger partial charge on any atom is 0.259 e. The standard InChI is InChI=1S/C23H19FN6O/c24-18-10-8-16(9-11-18)20-13-19(15-5-2-1-3-6-15)26-23-28-22(29-30(20)23)27-21(31)17-7-4-12-25-14-17/h1-12,14,19-20H,13H2,(H2,26,27,28,29,31)/t19-,20-/m0/s1. The van der Waals surface area contributed by atoms with Crippen molar-refractivity contribution in [1.29, 1.82) is 0 Å². The molecule has 0 unspecified atom stereocenters. The van der Waals surface area contributed by atoms with Crippen LogP contribution in [0.2, 0.25) is 0 Å². The lowest BCUT2D eigenvalue weighted by Crippen LogP contribution is -2.28. The number of nitrogens with one attached hydrogen (secondary N) is 2. The topological polar surface area (TPSA) is 84.7 Å². The van der Waals surface area contributed by atoms with Gasteiger partial charge in [-0.2, -0.15) is 4.98 Å². The SMILES string of the molecule is O=C(Nc1nc2n(n1)[C@H](c1ccc(F)cc1)C[C@@H](c1ccccc1)N2)c1cccnc1. The minimum atomic E-state index is -0.339. The predicted octanol–water partition coefficient (Wildman–Crippen LogP) is 4.21. The van der Waals surface area contributed by atoms with Crippen LogP contribution in [-0.4, -0.2) is 25.7 Å². The monoisotopic (exact) mass is 414 g/mol. The molecule has 0 saturated heterocycles. The molecule has 154 valence electrons. The summed E-state index contributed by atoms with van der Waals surface area (Å²) in [7, 11) is 0. The summed E-state index contributed by atoms with van der Waals surface area (Å²) in [5.41, 5.74) is 2.45. The third-order valence-corrected chi connectivity index (χ3v) is 5.29. The van der Waals surface area contributed by atoms with E-state index >= 15 is 0 Å². The van der Waals surface area contributed by atoms with Crippen LogP contribution in [0.25, 0.3) is 0 Å². The van der Waals surface area contributed by atoms with Crippen LogP contribution in [0.4, 0.5) is 16.3 Å². The summed E-state index contributed by atoms with van der Waals surface area (Å²) < 4.78 is 15.2.